The smallest absolute Gasteiger partial charge is 0.411 e. The zero-order chi connectivity index (χ0) is 11.4. The summed E-state index contributed by atoms with van der Waals surface area (Å²) in [6.45, 7) is 4.00. The number of carbonyl (C=O) groups is 1. The van der Waals surface area contributed by atoms with Crippen molar-refractivity contribution in [1.82, 2.24) is 0 Å². The van der Waals surface area contributed by atoms with Gasteiger partial charge in [0.1, 0.15) is 0 Å². The normalized spacial score (nSPS) is 9.80. The molecule has 4 nitrogen and oxygen atoms in total. The number of nitrogens with one attached hydrogen (secondary N) is 1. The van der Waals surface area contributed by atoms with Crippen molar-refractivity contribution in [2.24, 2.45) is 0 Å². The summed E-state index contributed by atoms with van der Waals surface area (Å²) in [5, 5.41) is 2.57. The van der Waals surface area contributed by atoms with E-state index in [9.17, 15) is 4.79 Å². The van der Waals surface area contributed by atoms with Gasteiger partial charge in [0, 0.05) is 4.47 Å². The first-order chi connectivity index (χ1) is 7.04. The molecule has 1 aromatic carbocycles. The monoisotopic (exact) mass is 272 g/mol. The van der Waals surface area contributed by atoms with Crippen LogP contribution >= 0.6 is 15.9 Å². The summed E-state index contributed by atoms with van der Waals surface area (Å²) in [5.74, 6) is 0. The zero-order valence-electron chi connectivity index (χ0n) is 8.63. The summed E-state index contributed by atoms with van der Waals surface area (Å²) in [7, 11) is 0. The second kappa shape index (κ2) is 5.02. The molecule has 1 aromatic rings. The van der Waals surface area contributed by atoms with Crippen molar-refractivity contribution >= 4 is 33.4 Å². The minimum Gasteiger partial charge on any atom is -0.450 e. The number of anilines is 2. The summed E-state index contributed by atoms with van der Waals surface area (Å²) in [4.78, 5) is 11.2. The highest BCUT2D eigenvalue weighted by atomic mass is 79.9. The molecule has 0 fully saturated rings. The summed E-state index contributed by atoms with van der Waals surface area (Å²) < 4.78 is 5.50. The number of hydrogen-bond donors (Lipinski definition) is 2. The Hall–Kier alpha value is -1.23. The van der Waals surface area contributed by atoms with Crippen molar-refractivity contribution in [2.75, 3.05) is 17.7 Å². The quantitative estimate of drug-likeness (QED) is 0.814. The molecule has 0 aliphatic heterocycles. The van der Waals surface area contributed by atoms with E-state index in [4.69, 9.17) is 10.5 Å². The second-order valence-corrected chi connectivity index (χ2v) is 3.91. The van der Waals surface area contributed by atoms with Gasteiger partial charge in [-0.05, 0) is 47.5 Å². The Balaban J connectivity index is 2.90. The van der Waals surface area contributed by atoms with E-state index >= 15 is 0 Å². The maximum Gasteiger partial charge on any atom is 0.411 e. The van der Waals surface area contributed by atoms with Crippen molar-refractivity contribution in [2.45, 2.75) is 13.8 Å². The molecule has 0 aromatic heterocycles. The van der Waals surface area contributed by atoms with Gasteiger partial charge in [-0.3, -0.25) is 5.32 Å². The van der Waals surface area contributed by atoms with Gasteiger partial charge in [-0.1, -0.05) is 0 Å². The van der Waals surface area contributed by atoms with Crippen LogP contribution in [0.2, 0.25) is 0 Å². The molecule has 3 N–H and O–H groups in total. The fourth-order valence-corrected chi connectivity index (χ4v) is 1.86. The van der Waals surface area contributed by atoms with E-state index < -0.39 is 6.09 Å². The first kappa shape index (κ1) is 11.8. The molecule has 1 amide bonds. The van der Waals surface area contributed by atoms with Gasteiger partial charge in [-0.2, -0.15) is 0 Å². The minimum absolute atomic E-state index is 0.329. The molecule has 5 heteroatoms. The first-order valence-electron chi connectivity index (χ1n) is 4.54. The van der Waals surface area contributed by atoms with E-state index in [0.29, 0.717) is 18.0 Å². The van der Waals surface area contributed by atoms with Gasteiger partial charge in [0.25, 0.3) is 0 Å². The van der Waals surface area contributed by atoms with E-state index in [1.807, 2.05) is 13.0 Å². The van der Waals surface area contributed by atoms with Crippen LogP contribution in [0, 0.1) is 6.92 Å². The zero-order valence-corrected chi connectivity index (χ0v) is 10.2. The van der Waals surface area contributed by atoms with Crippen LogP contribution in [0.4, 0.5) is 16.2 Å². The lowest BCUT2D eigenvalue weighted by Gasteiger charge is -2.10. The third kappa shape index (κ3) is 3.13. The summed E-state index contributed by atoms with van der Waals surface area (Å²) in [5.41, 5.74) is 7.84. The van der Waals surface area contributed by atoms with Crippen LogP contribution in [-0.2, 0) is 4.74 Å². The number of halogens is 1. The predicted molar refractivity (Wildman–Crippen MR) is 63.9 cm³/mol. The van der Waals surface area contributed by atoms with Crippen molar-refractivity contribution < 1.29 is 9.53 Å². The molecular formula is C10H13BrN2O2. The molecular weight excluding hydrogens is 260 g/mol. The number of amides is 1. The van der Waals surface area contributed by atoms with E-state index in [2.05, 4.69) is 21.2 Å². The van der Waals surface area contributed by atoms with E-state index in [-0.39, 0.29) is 0 Å². The fraction of sp³-hybridized carbons (Fsp3) is 0.300. The van der Waals surface area contributed by atoms with Crippen LogP contribution in [-0.4, -0.2) is 12.7 Å². The number of nitrogens with two attached hydrogens (primary N) is 1. The van der Waals surface area contributed by atoms with Crippen molar-refractivity contribution in [3.63, 3.8) is 0 Å². The Bertz CT molecular complexity index is 357. The summed E-state index contributed by atoms with van der Waals surface area (Å²) in [6, 6.07) is 3.66. The average molecular weight is 273 g/mol. The maximum absolute atomic E-state index is 11.2. The molecule has 1 rings (SSSR count). The van der Waals surface area contributed by atoms with Crippen molar-refractivity contribution in [3.8, 4) is 0 Å². The molecule has 0 bridgehead atoms. The van der Waals surface area contributed by atoms with Gasteiger partial charge in [0.15, 0.2) is 0 Å². The predicted octanol–water partition coefficient (Wildman–Crippen LogP) is 2.91. The first-order valence-corrected chi connectivity index (χ1v) is 5.33. The Morgan fingerprint density at radius 2 is 2.27 bits per heavy atom. The molecule has 0 radical (unpaired) electrons. The number of carbonyl (C=O) groups excluding carboxylic acids is 1. The second-order valence-electron chi connectivity index (χ2n) is 3.06. The molecule has 0 heterocycles. The SMILES string of the molecule is CCOC(=O)Nc1c(N)cc(C)cc1Br. The molecule has 0 atom stereocenters. The van der Waals surface area contributed by atoms with Gasteiger partial charge in [0.05, 0.1) is 18.0 Å². The summed E-state index contributed by atoms with van der Waals surface area (Å²) in [6.07, 6.45) is -0.506. The lowest BCUT2D eigenvalue weighted by Crippen LogP contribution is -2.15. The standard InChI is InChI=1S/C10H13BrN2O2/c1-3-15-10(14)13-9-7(11)4-6(2)5-8(9)12/h4-5H,3,12H2,1-2H3,(H,13,14). The topological polar surface area (TPSA) is 64.3 Å². The van der Waals surface area contributed by atoms with Gasteiger partial charge in [-0.25, -0.2) is 4.79 Å². The number of rotatable bonds is 2. The van der Waals surface area contributed by atoms with Gasteiger partial charge in [0.2, 0.25) is 0 Å². The molecule has 0 saturated heterocycles. The molecule has 0 saturated carbocycles. The van der Waals surface area contributed by atoms with Crippen LogP contribution in [0.25, 0.3) is 0 Å². The van der Waals surface area contributed by atoms with Crippen molar-refractivity contribution in [3.05, 3.63) is 22.2 Å². The number of ether oxygens (including phenoxy) is 1. The Kier molecular flexibility index (Phi) is 3.96. The molecule has 82 valence electrons. The van der Waals surface area contributed by atoms with Crippen LogP contribution in [0.5, 0.6) is 0 Å². The van der Waals surface area contributed by atoms with E-state index in [1.165, 1.54) is 0 Å². The number of hydrogen-bond acceptors (Lipinski definition) is 3. The highest BCUT2D eigenvalue weighted by Crippen LogP contribution is 2.30. The molecule has 0 spiro atoms. The fourth-order valence-electron chi connectivity index (χ4n) is 1.17. The van der Waals surface area contributed by atoms with Crippen molar-refractivity contribution in [1.29, 1.82) is 0 Å². The molecule has 0 aliphatic carbocycles. The molecule has 0 aliphatic rings. The maximum atomic E-state index is 11.2. The Labute approximate surface area is 96.9 Å². The number of benzene rings is 1. The highest BCUT2D eigenvalue weighted by Gasteiger charge is 2.09. The van der Waals surface area contributed by atoms with E-state index in [1.54, 1.807) is 13.0 Å². The summed E-state index contributed by atoms with van der Waals surface area (Å²) >= 11 is 3.33. The molecule has 15 heavy (non-hydrogen) atoms. The van der Waals surface area contributed by atoms with Gasteiger partial charge >= 0.3 is 6.09 Å². The van der Waals surface area contributed by atoms with Crippen LogP contribution in [0.1, 0.15) is 12.5 Å². The third-order valence-corrected chi connectivity index (χ3v) is 2.39. The number of aryl methyl sites for hydroxylation is 1. The Morgan fingerprint density at radius 1 is 1.60 bits per heavy atom. The van der Waals surface area contributed by atoms with E-state index in [0.717, 1.165) is 10.0 Å². The van der Waals surface area contributed by atoms with Crippen LogP contribution < -0.4 is 11.1 Å². The average Bonchev–Trinajstić information content (AvgIpc) is 2.11. The number of nitrogen functional groups attached to an aromatic ring is 1. The van der Waals surface area contributed by atoms with Crippen LogP contribution in [0.15, 0.2) is 16.6 Å². The lowest BCUT2D eigenvalue weighted by molar-refractivity contribution is 0.168. The van der Waals surface area contributed by atoms with Gasteiger partial charge in [-0.15, -0.1) is 0 Å². The largest absolute Gasteiger partial charge is 0.450 e. The third-order valence-electron chi connectivity index (χ3n) is 1.77. The minimum atomic E-state index is -0.506. The van der Waals surface area contributed by atoms with Gasteiger partial charge < -0.3 is 10.5 Å². The molecule has 0 unspecified atom stereocenters. The Morgan fingerprint density at radius 3 is 2.80 bits per heavy atom. The van der Waals surface area contributed by atoms with Crippen LogP contribution in [0.3, 0.4) is 0 Å². The lowest BCUT2D eigenvalue weighted by atomic mass is 10.2. The highest BCUT2D eigenvalue weighted by molar-refractivity contribution is 9.10.